The number of imidazole rings is 1. The molecule has 2 saturated heterocycles. The lowest BCUT2D eigenvalue weighted by Crippen LogP contribution is -2.40. The Balaban J connectivity index is 1.36. The molecule has 2 fully saturated rings. The number of benzene rings is 1. The lowest BCUT2D eigenvalue weighted by Gasteiger charge is -2.22. The zero-order valence-electron chi connectivity index (χ0n) is 15.2. The minimum Gasteiger partial charge on any atom is -0.331 e. The predicted molar refractivity (Wildman–Crippen MR) is 103 cm³/mol. The summed E-state index contributed by atoms with van der Waals surface area (Å²) < 4.78 is 2.05. The average Bonchev–Trinajstić information content (AvgIpc) is 3.38. The average molecular weight is 361 g/mol. The first-order chi connectivity index (χ1) is 13.2. The maximum Gasteiger partial charge on any atom is 0.256 e. The molecule has 0 aliphatic carbocycles. The molecule has 3 atom stereocenters. The zero-order valence-corrected chi connectivity index (χ0v) is 15.2. The molecule has 1 aromatic carbocycles. The first-order valence-corrected chi connectivity index (χ1v) is 9.64. The largest absolute Gasteiger partial charge is 0.331 e. The summed E-state index contributed by atoms with van der Waals surface area (Å²) in [6.45, 7) is 0.811. The van der Waals surface area contributed by atoms with Crippen LogP contribution in [0.2, 0.25) is 0 Å². The Hall–Kier alpha value is -2.73. The number of carbonyl (C=O) groups is 1. The minimum absolute atomic E-state index is 0.0451. The van der Waals surface area contributed by atoms with Crippen molar-refractivity contribution in [2.24, 2.45) is 5.73 Å². The second kappa shape index (κ2) is 6.46. The maximum absolute atomic E-state index is 13.0. The molecule has 0 saturated carbocycles. The van der Waals surface area contributed by atoms with E-state index < -0.39 is 0 Å². The van der Waals surface area contributed by atoms with Crippen LogP contribution in [0.4, 0.5) is 0 Å². The Morgan fingerprint density at radius 3 is 2.78 bits per heavy atom. The molecule has 4 heterocycles. The molecule has 5 rings (SSSR count). The van der Waals surface area contributed by atoms with Crippen LogP contribution >= 0.6 is 0 Å². The number of hydrogen-bond acceptors (Lipinski definition) is 4. The van der Waals surface area contributed by atoms with Gasteiger partial charge in [-0.2, -0.15) is 0 Å². The van der Waals surface area contributed by atoms with Crippen molar-refractivity contribution in [3.8, 4) is 0 Å². The Labute approximate surface area is 158 Å². The van der Waals surface area contributed by atoms with E-state index in [0.717, 1.165) is 43.4 Å². The maximum atomic E-state index is 13.0. The fourth-order valence-electron chi connectivity index (χ4n) is 4.62. The molecule has 2 N–H and O–H groups in total. The van der Waals surface area contributed by atoms with Crippen molar-refractivity contribution in [1.82, 2.24) is 19.4 Å². The number of nitrogens with zero attached hydrogens (tertiary/aromatic N) is 4. The Morgan fingerprint density at radius 1 is 1.19 bits per heavy atom. The molecule has 1 amide bonds. The summed E-state index contributed by atoms with van der Waals surface area (Å²) in [4.78, 5) is 24.0. The summed E-state index contributed by atoms with van der Waals surface area (Å²) in [7, 11) is 0. The van der Waals surface area contributed by atoms with Gasteiger partial charge in [0.1, 0.15) is 5.52 Å². The molecule has 2 aliphatic rings. The molecule has 2 aliphatic heterocycles. The molecular weight excluding hydrogens is 338 g/mol. The van der Waals surface area contributed by atoms with Gasteiger partial charge in [-0.1, -0.05) is 30.3 Å². The van der Waals surface area contributed by atoms with Gasteiger partial charge in [-0.05, 0) is 37.3 Å². The van der Waals surface area contributed by atoms with E-state index in [-0.39, 0.29) is 24.0 Å². The number of aromatic nitrogens is 3. The Bertz CT molecular complexity index is 983. The first-order valence-electron chi connectivity index (χ1n) is 9.64. The van der Waals surface area contributed by atoms with Crippen LogP contribution in [0.5, 0.6) is 0 Å². The molecule has 0 radical (unpaired) electrons. The lowest BCUT2D eigenvalue weighted by molar-refractivity contribution is 0.0726. The summed E-state index contributed by atoms with van der Waals surface area (Å²) in [5.74, 6) is 0.0451. The van der Waals surface area contributed by atoms with Gasteiger partial charge in [-0.15, -0.1) is 0 Å². The molecule has 27 heavy (non-hydrogen) atoms. The molecule has 0 spiro atoms. The van der Waals surface area contributed by atoms with E-state index in [0.29, 0.717) is 5.56 Å². The van der Waals surface area contributed by atoms with Crippen LogP contribution < -0.4 is 5.73 Å². The predicted octanol–water partition coefficient (Wildman–Crippen LogP) is 2.38. The van der Waals surface area contributed by atoms with Gasteiger partial charge in [0, 0.05) is 30.9 Å². The fraction of sp³-hybridized carbons (Fsp3) is 0.381. The van der Waals surface area contributed by atoms with Crippen molar-refractivity contribution < 1.29 is 4.79 Å². The minimum atomic E-state index is 0.0451. The number of aryl methyl sites for hydroxylation is 2. The second-order valence-corrected chi connectivity index (χ2v) is 7.65. The highest BCUT2D eigenvalue weighted by Gasteiger charge is 2.47. The van der Waals surface area contributed by atoms with E-state index in [2.05, 4.69) is 34.2 Å². The van der Waals surface area contributed by atoms with Gasteiger partial charge < -0.3 is 15.2 Å². The van der Waals surface area contributed by atoms with Crippen molar-refractivity contribution in [1.29, 1.82) is 0 Å². The van der Waals surface area contributed by atoms with E-state index >= 15 is 0 Å². The van der Waals surface area contributed by atoms with Gasteiger partial charge in [0.15, 0.2) is 5.65 Å². The zero-order chi connectivity index (χ0) is 18.4. The highest BCUT2D eigenvalue weighted by molar-refractivity contribution is 5.97. The van der Waals surface area contributed by atoms with Crippen LogP contribution in [-0.4, -0.2) is 43.5 Å². The molecule has 6 heteroatoms. The number of hydrogen-bond donors (Lipinski definition) is 1. The third-order valence-corrected chi connectivity index (χ3v) is 6.01. The molecule has 6 nitrogen and oxygen atoms in total. The van der Waals surface area contributed by atoms with E-state index in [1.165, 1.54) is 5.56 Å². The standard InChI is InChI=1S/C21H23N5O/c22-17-11-16-6-7-19(17)26(16)21(27)15-10-18-20(23-12-15)25(13-24-18)9-8-14-4-2-1-3-5-14/h1-5,10,12-13,16-17,19H,6-9,11,22H2/t16-,17-,19+/m1/s1. The highest BCUT2D eigenvalue weighted by atomic mass is 16.2. The number of rotatable bonds is 4. The van der Waals surface area contributed by atoms with Crippen LogP contribution in [0, 0.1) is 0 Å². The number of carbonyl (C=O) groups excluding carboxylic acids is 1. The summed E-state index contributed by atoms with van der Waals surface area (Å²) in [5, 5.41) is 0. The van der Waals surface area contributed by atoms with Gasteiger partial charge in [0.05, 0.1) is 11.9 Å². The molecule has 3 aromatic rings. The number of nitrogens with two attached hydrogens (primary N) is 1. The third kappa shape index (κ3) is 2.80. The SMILES string of the molecule is N[C@@H]1C[C@H]2CC[C@@H]1N2C(=O)c1cnc2c(c1)ncn2CCc1ccccc1. The second-order valence-electron chi connectivity index (χ2n) is 7.65. The molecule has 138 valence electrons. The van der Waals surface area contributed by atoms with Crippen molar-refractivity contribution in [2.45, 2.75) is 50.4 Å². The van der Waals surface area contributed by atoms with Crippen LogP contribution in [0.1, 0.15) is 35.2 Å². The van der Waals surface area contributed by atoms with Crippen LogP contribution in [0.25, 0.3) is 11.2 Å². The normalized spacial score (nSPS) is 24.0. The number of pyridine rings is 1. The molecular formula is C21H23N5O. The number of amides is 1. The van der Waals surface area contributed by atoms with Gasteiger partial charge in [0.25, 0.3) is 5.91 Å². The van der Waals surface area contributed by atoms with Crippen molar-refractivity contribution >= 4 is 17.1 Å². The van der Waals surface area contributed by atoms with E-state index in [9.17, 15) is 4.79 Å². The van der Waals surface area contributed by atoms with Crippen molar-refractivity contribution in [3.63, 3.8) is 0 Å². The summed E-state index contributed by atoms with van der Waals surface area (Å²) >= 11 is 0. The highest BCUT2D eigenvalue weighted by Crippen LogP contribution is 2.37. The van der Waals surface area contributed by atoms with Gasteiger partial charge >= 0.3 is 0 Å². The van der Waals surface area contributed by atoms with Crippen molar-refractivity contribution in [2.75, 3.05) is 0 Å². The van der Waals surface area contributed by atoms with Crippen LogP contribution in [0.15, 0.2) is 48.9 Å². The van der Waals surface area contributed by atoms with Crippen LogP contribution in [0.3, 0.4) is 0 Å². The first kappa shape index (κ1) is 16.4. The Kier molecular flexibility index (Phi) is 3.93. The van der Waals surface area contributed by atoms with E-state index in [4.69, 9.17) is 5.73 Å². The molecule has 0 unspecified atom stereocenters. The topological polar surface area (TPSA) is 77.0 Å². The molecule has 2 aromatic heterocycles. The molecule has 2 bridgehead atoms. The van der Waals surface area contributed by atoms with E-state index in [1.807, 2.05) is 27.9 Å². The summed E-state index contributed by atoms with van der Waals surface area (Å²) in [6, 6.07) is 12.8. The lowest BCUT2D eigenvalue weighted by atomic mass is 9.97. The fourth-order valence-corrected chi connectivity index (χ4v) is 4.62. The van der Waals surface area contributed by atoms with Gasteiger partial charge in [0.2, 0.25) is 0 Å². The van der Waals surface area contributed by atoms with Gasteiger partial charge in [-0.25, -0.2) is 9.97 Å². The smallest absolute Gasteiger partial charge is 0.256 e. The van der Waals surface area contributed by atoms with E-state index in [1.54, 1.807) is 6.20 Å². The van der Waals surface area contributed by atoms with Gasteiger partial charge in [-0.3, -0.25) is 4.79 Å². The summed E-state index contributed by atoms with van der Waals surface area (Å²) in [6.07, 6.45) is 7.41. The quantitative estimate of drug-likeness (QED) is 0.774. The van der Waals surface area contributed by atoms with Crippen molar-refractivity contribution in [3.05, 3.63) is 60.0 Å². The number of fused-ring (bicyclic) bond motifs is 3. The monoisotopic (exact) mass is 361 g/mol. The third-order valence-electron chi connectivity index (χ3n) is 6.01. The van der Waals surface area contributed by atoms with Crippen LogP contribution in [-0.2, 0) is 13.0 Å². The summed E-state index contributed by atoms with van der Waals surface area (Å²) in [5.41, 5.74) is 9.66. The Morgan fingerprint density at radius 2 is 2.04 bits per heavy atom.